The third-order valence-electron chi connectivity index (χ3n) is 3.58. The van der Waals surface area contributed by atoms with Crippen molar-refractivity contribution in [3.05, 3.63) is 29.3 Å². The van der Waals surface area contributed by atoms with E-state index in [0.717, 1.165) is 12.0 Å². The fraction of sp³-hybridized carbons (Fsp3) is 0.438. The molecule has 4 nitrogen and oxygen atoms in total. The van der Waals surface area contributed by atoms with Crippen molar-refractivity contribution in [1.29, 1.82) is 0 Å². The molecule has 106 valence electrons. The summed E-state index contributed by atoms with van der Waals surface area (Å²) < 4.78 is 0. The van der Waals surface area contributed by atoms with Gasteiger partial charge in [0.15, 0.2) is 5.78 Å². The fourth-order valence-electron chi connectivity index (χ4n) is 2.11. The smallest absolute Gasteiger partial charge is 0.297 e. The molecule has 0 atom stereocenters. The molecule has 0 unspecified atom stereocenters. The number of carbonyl (C=O) groups is 3. The second kappa shape index (κ2) is 4.85. The highest BCUT2D eigenvalue weighted by Gasteiger charge is 2.38. The first kappa shape index (κ1) is 14.4. The van der Waals surface area contributed by atoms with Crippen molar-refractivity contribution in [1.82, 2.24) is 0 Å². The van der Waals surface area contributed by atoms with Gasteiger partial charge in [-0.2, -0.15) is 0 Å². The van der Waals surface area contributed by atoms with Gasteiger partial charge in [0, 0.05) is 5.41 Å². The minimum Gasteiger partial charge on any atom is -0.297 e. The van der Waals surface area contributed by atoms with Gasteiger partial charge in [-0.25, -0.2) is 0 Å². The molecule has 0 aromatic heterocycles. The van der Waals surface area contributed by atoms with Gasteiger partial charge in [-0.3, -0.25) is 19.3 Å². The number of ketones is 2. The van der Waals surface area contributed by atoms with Crippen LogP contribution in [-0.2, 0) is 16.0 Å². The number of nitrogens with zero attached hydrogens (tertiary/aromatic N) is 1. The first-order valence-corrected chi connectivity index (χ1v) is 6.78. The molecule has 0 spiro atoms. The van der Waals surface area contributed by atoms with Crippen molar-refractivity contribution >= 4 is 23.2 Å². The Bertz CT molecular complexity index is 596. The fourth-order valence-corrected chi connectivity index (χ4v) is 2.11. The van der Waals surface area contributed by atoms with E-state index in [2.05, 4.69) is 0 Å². The molecule has 20 heavy (non-hydrogen) atoms. The van der Waals surface area contributed by atoms with E-state index in [4.69, 9.17) is 0 Å². The molecular formula is C16H19NO3. The van der Waals surface area contributed by atoms with Crippen LogP contribution in [-0.4, -0.2) is 24.0 Å². The van der Waals surface area contributed by atoms with Gasteiger partial charge in [0.2, 0.25) is 0 Å². The van der Waals surface area contributed by atoms with E-state index in [-0.39, 0.29) is 12.3 Å². The van der Waals surface area contributed by atoms with Gasteiger partial charge in [-0.05, 0) is 24.1 Å². The van der Waals surface area contributed by atoms with Crippen LogP contribution in [0, 0.1) is 5.41 Å². The van der Waals surface area contributed by atoms with Crippen LogP contribution >= 0.6 is 0 Å². The maximum Gasteiger partial charge on any atom is 0.299 e. The predicted octanol–water partition coefficient (Wildman–Crippen LogP) is 2.39. The SMILES string of the molecule is CCc1ccc2c(c1)C(=O)C(=O)N2CC(=O)C(C)(C)C. The van der Waals surface area contributed by atoms with E-state index in [1.165, 1.54) is 4.90 Å². The number of hydrogen-bond donors (Lipinski definition) is 0. The Morgan fingerprint density at radius 3 is 2.40 bits per heavy atom. The zero-order valence-electron chi connectivity index (χ0n) is 12.3. The monoisotopic (exact) mass is 273 g/mol. The molecule has 0 bridgehead atoms. The lowest BCUT2D eigenvalue weighted by Gasteiger charge is -2.22. The Labute approximate surface area is 118 Å². The molecule has 0 N–H and O–H groups in total. The average molecular weight is 273 g/mol. The van der Waals surface area contributed by atoms with Gasteiger partial charge < -0.3 is 0 Å². The highest BCUT2D eigenvalue weighted by Crippen LogP contribution is 2.30. The highest BCUT2D eigenvalue weighted by molar-refractivity contribution is 6.52. The number of fused-ring (bicyclic) bond motifs is 1. The van der Waals surface area contributed by atoms with Crippen LogP contribution in [0.2, 0.25) is 0 Å². The summed E-state index contributed by atoms with van der Waals surface area (Å²) in [5.74, 6) is -1.19. The van der Waals surface area contributed by atoms with E-state index in [1.807, 2.05) is 13.0 Å². The van der Waals surface area contributed by atoms with Crippen LogP contribution in [0.3, 0.4) is 0 Å². The third-order valence-corrected chi connectivity index (χ3v) is 3.58. The Morgan fingerprint density at radius 2 is 1.85 bits per heavy atom. The average Bonchev–Trinajstić information content (AvgIpc) is 2.62. The van der Waals surface area contributed by atoms with Crippen LogP contribution in [0.25, 0.3) is 0 Å². The number of amides is 1. The second-order valence-electron chi connectivity index (χ2n) is 6.10. The minimum atomic E-state index is -0.606. The van der Waals surface area contributed by atoms with Gasteiger partial charge in [-0.1, -0.05) is 33.8 Å². The molecule has 0 radical (unpaired) electrons. The quantitative estimate of drug-likeness (QED) is 0.795. The predicted molar refractivity (Wildman–Crippen MR) is 77.0 cm³/mol. The van der Waals surface area contributed by atoms with Gasteiger partial charge in [0.05, 0.1) is 17.8 Å². The number of rotatable bonds is 3. The Hall–Kier alpha value is -1.97. The van der Waals surface area contributed by atoms with Crippen molar-refractivity contribution in [3.8, 4) is 0 Å². The summed E-state index contributed by atoms with van der Waals surface area (Å²) in [5.41, 5.74) is 1.44. The first-order valence-electron chi connectivity index (χ1n) is 6.78. The van der Waals surface area contributed by atoms with Crippen LogP contribution in [0.15, 0.2) is 18.2 Å². The van der Waals surface area contributed by atoms with Crippen molar-refractivity contribution in [2.45, 2.75) is 34.1 Å². The lowest BCUT2D eigenvalue weighted by Crippen LogP contribution is -2.39. The van der Waals surface area contributed by atoms with Crippen LogP contribution < -0.4 is 4.90 Å². The summed E-state index contributed by atoms with van der Waals surface area (Å²) in [4.78, 5) is 37.4. The molecular weight excluding hydrogens is 254 g/mol. The number of carbonyl (C=O) groups excluding carboxylic acids is 3. The molecule has 1 aliphatic heterocycles. The Morgan fingerprint density at radius 1 is 1.20 bits per heavy atom. The standard InChI is InChI=1S/C16H19NO3/c1-5-10-6-7-12-11(8-10)14(19)15(20)17(12)9-13(18)16(2,3)4/h6-8H,5,9H2,1-4H3. The van der Waals surface area contributed by atoms with Gasteiger partial charge in [0.25, 0.3) is 11.7 Å². The molecule has 1 amide bonds. The van der Waals surface area contributed by atoms with Crippen LogP contribution in [0.1, 0.15) is 43.6 Å². The molecule has 1 heterocycles. The molecule has 0 aliphatic carbocycles. The van der Waals surface area contributed by atoms with Crippen molar-refractivity contribution in [3.63, 3.8) is 0 Å². The Kier molecular flexibility index (Phi) is 3.50. The van der Waals surface area contributed by atoms with Gasteiger partial charge in [-0.15, -0.1) is 0 Å². The zero-order chi connectivity index (χ0) is 15.1. The molecule has 0 saturated heterocycles. The van der Waals surface area contributed by atoms with Crippen LogP contribution in [0.5, 0.6) is 0 Å². The second-order valence-corrected chi connectivity index (χ2v) is 6.10. The number of aryl methyl sites for hydroxylation is 1. The maximum absolute atomic E-state index is 12.1. The molecule has 2 rings (SSSR count). The van der Waals surface area contributed by atoms with E-state index in [9.17, 15) is 14.4 Å². The maximum atomic E-state index is 12.1. The topological polar surface area (TPSA) is 54.5 Å². The van der Waals surface area contributed by atoms with Crippen LogP contribution in [0.4, 0.5) is 5.69 Å². The lowest BCUT2D eigenvalue weighted by molar-refractivity contribution is -0.126. The summed E-state index contributed by atoms with van der Waals surface area (Å²) in [6.45, 7) is 7.35. The van der Waals surface area contributed by atoms with E-state index in [0.29, 0.717) is 11.3 Å². The largest absolute Gasteiger partial charge is 0.299 e. The first-order chi connectivity index (χ1) is 9.25. The molecule has 4 heteroatoms. The Balaban J connectivity index is 2.37. The van der Waals surface area contributed by atoms with E-state index >= 15 is 0 Å². The molecule has 1 aromatic carbocycles. The zero-order valence-corrected chi connectivity index (χ0v) is 12.3. The van der Waals surface area contributed by atoms with E-state index in [1.54, 1.807) is 32.9 Å². The number of hydrogen-bond acceptors (Lipinski definition) is 3. The normalized spacial score (nSPS) is 14.7. The molecule has 0 fully saturated rings. The minimum absolute atomic E-state index is 0.0491. The molecule has 1 aliphatic rings. The third kappa shape index (κ3) is 2.38. The molecule has 1 aromatic rings. The summed E-state index contributed by atoms with van der Waals surface area (Å²) in [5, 5.41) is 0. The summed E-state index contributed by atoms with van der Waals surface area (Å²) in [6, 6.07) is 5.39. The van der Waals surface area contributed by atoms with Crippen molar-refractivity contribution < 1.29 is 14.4 Å². The number of anilines is 1. The summed E-state index contributed by atoms with van der Waals surface area (Å²) >= 11 is 0. The lowest BCUT2D eigenvalue weighted by atomic mass is 9.90. The van der Waals surface area contributed by atoms with Gasteiger partial charge in [0.1, 0.15) is 0 Å². The van der Waals surface area contributed by atoms with Crippen molar-refractivity contribution in [2.75, 3.05) is 11.4 Å². The number of benzene rings is 1. The van der Waals surface area contributed by atoms with Gasteiger partial charge >= 0.3 is 0 Å². The summed E-state index contributed by atoms with van der Waals surface area (Å²) in [7, 11) is 0. The number of Topliss-reactive ketones (excluding diaryl/α,β-unsaturated/α-hetero) is 2. The molecule has 0 saturated carbocycles. The highest BCUT2D eigenvalue weighted by atomic mass is 16.2. The van der Waals surface area contributed by atoms with E-state index < -0.39 is 17.1 Å². The summed E-state index contributed by atoms with van der Waals surface area (Å²) in [6.07, 6.45) is 0.801. The van der Waals surface area contributed by atoms with Crippen molar-refractivity contribution in [2.24, 2.45) is 5.41 Å².